The summed E-state index contributed by atoms with van der Waals surface area (Å²) in [5, 5.41) is 0.719. The van der Waals surface area contributed by atoms with E-state index in [0.29, 0.717) is 13.2 Å². The van der Waals surface area contributed by atoms with Crippen molar-refractivity contribution in [2.45, 2.75) is 4.83 Å². The first-order valence-electron chi connectivity index (χ1n) is 6.14. The lowest BCUT2D eigenvalue weighted by Gasteiger charge is -2.20. The Balaban J connectivity index is 1.95. The maximum atomic E-state index is 6.30. The molecule has 0 radical (unpaired) electrons. The minimum atomic E-state index is 0.0129. The third-order valence-corrected chi connectivity index (χ3v) is 4.94. The molecule has 1 aliphatic heterocycles. The van der Waals surface area contributed by atoms with Gasteiger partial charge in [0.1, 0.15) is 13.2 Å². The molecule has 104 valence electrons. The van der Waals surface area contributed by atoms with Crippen molar-refractivity contribution in [2.75, 3.05) is 13.2 Å². The molecule has 1 heterocycles. The van der Waals surface area contributed by atoms with Crippen LogP contribution in [-0.4, -0.2) is 13.2 Å². The summed E-state index contributed by atoms with van der Waals surface area (Å²) in [6.07, 6.45) is 0. The molecule has 2 aromatic rings. The van der Waals surface area contributed by atoms with Crippen molar-refractivity contribution in [3.63, 3.8) is 0 Å². The average molecular weight is 419 g/mol. The van der Waals surface area contributed by atoms with E-state index in [1.54, 1.807) is 0 Å². The summed E-state index contributed by atoms with van der Waals surface area (Å²) in [7, 11) is 0. The highest BCUT2D eigenvalue weighted by Crippen LogP contribution is 2.40. The molecule has 0 saturated carbocycles. The fourth-order valence-electron chi connectivity index (χ4n) is 2.10. The van der Waals surface area contributed by atoms with Crippen LogP contribution < -0.4 is 9.47 Å². The second kappa shape index (κ2) is 5.96. The Morgan fingerprint density at radius 3 is 2.50 bits per heavy atom. The van der Waals surface area contributed by atoms with Gasteiger partial charge in [-0.05, 0) is 35.4 Å². The highest BCUT2D eigenvalue weighted by atomic mass is 79.9. The van der Waals surface area contributed by atoms with Crippen LogP contribution >= 0.6 is 43.5 Å². The van der Waals surface area contributed by atoms with E-state index in [-0.39, 0.29) is 4.83 Å². The van der Waals surface area contributed by atoms with Crippen LogP contribution in [0.15, 0.2) is 40.9 Å². The number of hydrogen-bond acceptors (Lipinski definition) is 2. The quantitative estimate of drug-likeness (QED) is 0.612. The van der Waals surface area contributed by atoms with E-state index in [9.17, 15) is 0 Å². The van der Waals surface area contributed by atoms with Crippen molar-refractivity contribution in [1.82, 2.24) is 0 Å². The van der Waals surface area contributed by atoms with E-state index in [1.165, 1.54) is 0 Å². The van der Waals surface area contributed by atoms with Crippen molar-refractivity contribution in [2.24, 2.45) is 0 Å². The Hall–Kier alpha value is -0.710. The molecule has 1 atom stereocenters. The number of halogens is 3. The topological polar surface area (TPSA) is 18.5 Å². The van der Waals surface area contributed by atoms with E-state index in [4.69, 9.17) is 21.1 Å². The summed E-state index contributed by atoms with van der Waals surface area (Å²) >= 11 is 13.4. The van der Waals surface area contributed by atoms with E-state index in [2.05, 4.69) is 31.9 Å². The number of fused-ring (bicyclic) bond motifs is 1. The first-order chi connectivity index (χ1) is 9.65. The molecule has 0 N–H and O–H groups in total. The van der Waals surface area contributed by atoms with E-state index < -0.39 is 0 Å². The number of alkyl halides is 1. The largest absolute Gasteiger partial charge is 0.486 e. The van der Waals surface area contributed by atoms with Gasteiger partial charge in [-0.1, -0.05) is 55.6 Å². The van der Waals surface area contributed by atoms with Crippen molar-refractivity contribution in [1.29, 1.82) is 0 Å². The summed E-state index contributed by atoms with van der Waals surface area (Å²) in [6, 6.07) is 11.8. The average Bonchev–Trinajstić information content (AvgIpc) is 2.46. The summed E-state index contributed by atoms with van der Waals surface area (Å²) in [5.74, 6) is 1.58. The molecule has 1 aliphatic rings. The van der Waals surface area contributed by atoms with Crippen LogP contribution in [-0.2, 0) is 0 Å². The molecule has 3 rings (SSSR count). The second-order valence-corrected chi connectivity index (χ2v) is 6.67. The van der Waals surface area contributed by atoms with Gasteiger partial charge in [0.15, 0.2) is 11.5 Å². The summed E-state index contributed by atoms with van der Waals surface area (Å²) < 4.78 is 12.1. The molecule has 0 aromatic heterocycles. The maximum absolute atomic E-state index is 6.30. The van der Waals surface area contributed by atoms with Crippen LogP contribution in [0.1, 0.15) is 16.0 Å². The van der Waals surface area contributed by atoms with Crippen molar-refractivity contribution < 1.29 is 9.47 Å². The van der Waals surface area contributed by atoms with Crippen molar-refractivity contribution >= 4 is 43.5 Å². The molecule has 5 heteroatoms. The SMILES string of the molecule is Clc1cc(Br)ccc1C(Br)c1ccc2c(c1)OCCO2. The third kappa shape index (κ3) is 2.83. The molecule has 2 nitrogen and oxygen atoms in total. The number of rotatable bonds is 2. The standard InChI is InChI=1S/C15H11Br2ClO2/c16-10-2-3-11(12(18)8-10)15(17)9-1-4-13-14(7-9)20-6-5-19-13/h1-4,7-8,15H,5-6H2. The zero-order valence-electron chi connectivity index (χ0n) is 10.4. The fourth-order valence-corrected chi connectivity index (χ4v) is 3.70. The molecule has 20 heavy (non-hydrogen) atoms. The predicted octanol–water partition coefficient (Wildman–Crippen LogP) is 5.36. The van der Waals surface area contributed by atoms with E-state index in [1.807, 2.05) is 36.4 Å². The first-order valence-corrected chi connectivity index (χ1v) is 8.22. The highest BCUT2D eigenvalue weighted by Gasteiger charge is 2.18. The summed E-state index contributed by atoms with van der Waals surface area (Å²) in [4.78, 5) is 0.0129. The third-order valence-electron chi connectivity index (χ3n) is 3.09. The molecule has 0 bridgehead atoms. The normalized spacial score (nSPS) is 14.9. The van der Waals surface area contributed by atoms with E-state index in [0.717, 1.165) is 32.1 Å². The molecule has 2 aromatic carbocycles. The molecular formula is C15H11Br2ClO2. The molecule has 0 spiro atoms. The van der Waals surface area contributed by atoms with Crippen molar-refractivity contribution in [3.8, 4) is 11.5 Å². The minimum absolute atomic E-state index is 0.0129. The van der Waals surface area contributed by atoms with Crippen molar-refractivity contribution in [3.05, 3.63) is 57.0 Å². The fraction of sp³-hybridized carbons (Fsp3) is 0.200. The van der Waals surface area contributed by atoms with Crippen LogP contribution in [0.25, 0.3) is 0 Å². The van der Waals surface area contributed by atoms with Crippen LogP contribution in [0.4, 0.5) is 0 Å². The van der Waals surface area contributed by atoms with Gasteiger partial charge in [0.25, 0.3) is 0 Å². The Morgan fingerprint density at radius 2 is 1.75 bits per heavy atom. The number of benzene rings is 2. The van der Waals surface area contributed by atoms with Crippen LogP contribution in [0.5, 0.6) is 11.5 Å². The van der Waals surface area contributed by atoms with Gasteiger partial charge in [0.2, 0.25) is 0 Å². The number of ether oxygens (including phenoxy) is 2. The molecule has 0 fully saturated rings. The molecule has 0 saturated heterocycles. The molecular weight excluding hydrogens is 407 g/mol. The smallest absolute Gasteiger partial charge is 0.161 e. The van der Waals surface area contributed by atoms with Gasteiger partial charge in [-0.2, -0.15) is 0 Å². The Bertz CT molecular complexity index is 646. The van der Waals surface area contributed by atoms with Gasteiger partial charge >= 0.3 is 0 Å². The highest BCUT2D eigenvalue weighted by molar-refractivity contribution is 9.10. The van der Waals surface area contributed by atoms with Gasteiger partial charge in [0.05, 0.1) is 4.83 Å². The Labute approximate surface area is 139 Å². The zero-order valence-corrected chi connectivity index (χ0v) is 14.3. The maximum Gasteiger partial charge on any atom is 0.161 e. The number of hydrogen-bond donors (Lipinski definition) is 0. The Kier molecular flexibility index (Phi) is 4.24. The second-order valence-electron chi connectivity index (χ2n) is 4.43. The van der Waals surface area contributed by atoms with Crippen LogP contribution in [0.3, 0.4) is 0 Å². The molecule has 0 amide bonds. The van der Waals surface area contributed by atoms with Crippen LogP contribution in [0.2, 0.25) is 5.02 Å². The molecule has 0 aliphatic carbocycles. The summed E-state index contributed by atoms with van der Waals surface area (Å²) in [5.41, 5.74) is 2.10. The van der Waals surface area contributed by atoms with Gasteiger partial charge in [-0.25, -0.2) is 0 Å². The van der Waals surface area contributed by atoms with Gasteiger partial charge in [-0.15, -0.1) is 0 Å². The summed E-state index contributed by atoms with van der Waals surface area (Å²) in [6.45, 7) is 1.19. The minimum Gasteiger partial charge on any atom is -0.486 e. The monoisotopic (exact) mass is 416 g/mol. The van der Waals surface area contributed by atoms with Crippen LogP contribution in [0, 0.1) is 0 Å². The van der Waals surface area contributed by atoms with Gasteiger partial charge < -0.3 is 9.47 Å². The van der Waals surface area contributed by atoms with E-state index >= 15 is 0 Å². The molecule has 1 unspecified atom stereocenters. The lowest BCUT2D eigenvalue weighted by atomic mass is 10.0. The lowest BCUT2D eigenvalue weighted by Crippen LogP contribution is -2.15. The van der Waals surface area contributed by atoms with Gasteiger partial charge in [0, 0.05) is 9.50 Å². The zero-order chi connectivity index (χ0) is 14.1. The first kappa shape index (κ1) is 14.2. The van der Waals surface area contributed by atoms with Gasteiger partial charge in [-0.3, -0.25) is 0 Å². The predicted molar refractivity (Wildman–Crippen MR) is 87.4 cm³/mol. The Morgan fingerprint density at radius 1 is 1.00 bits per heavy atom. The lowest BCUT2D eigenvalue weighted by molar-refractivity contribution is 0.171.